The summed E-state index contributed by atoms with van der Waals surface area (Å²) in [5.74, 6) is 0.0292. The second-order valence-corrected chi connectivity index (χ2v) is 6.74. The van der Waals surface area contributed by atoms with E-state index in [2.05, 4.69) is 26.9 Å². The van der Waals surface area contributed by atoms with Crippen molar-refractivity contribution < 1.29 is 18.3 Å². The molecule has 0 amide bonds. The van der Waals surface area contributed by atoms with E-state index in [4.69, 9.17) is 0 Å². The molecule has 140 valence electrons. The summed E-state index contributed by atoms with van der Waals surface area (Å²) in [4.78, 5) is 17.5. The minimum Gasteiger partial charge on any atom is -0.468 e. The molecule has 7 heteroatoms. The summed E-state index contributed by atoms with van der Waals surface area (Å²) in [7, 11) is 1.35. The van der Waals surface area contributed by atoms with Gasteiger partial charge in [-0.05, 0) is 25.3 Å². The molecule has 5 nitrogen and oxygen atoms in total. The lowest BCUT2D eigenvalue weighted by Gasteiger charge is -2.41. The molecule has 25 heavy (non-hydrogen) atoms. The molecule has 0 bridgehead atoms. The number of hydrogen-bond acceptors (Lipinski definition) is 5. The van der Waals surface area contributed by atoms with Gasteiger partial charge in [0.25, 0.3) is 6.43 Å². The Morgan fingerprint density at radius 1 is 1.48 bits per heavy atom. The molecule has 2 rings (SSSR count). The van der Waals surface area contributed by atoms with Gasteiger partial charge in [0.2, 0.25) is 0 Å². The zero-order valence-electron chi connectivity index (χ0n) is 15.0. The van der Waals surface area contributed by atoms with Gasteiger partial charge in [-0.2, -0.15) is 0 Å². The van der Waals surface area contributed by atoms with Crippen LogP contribution in [0, 0.1) is 5.92 Å². The first-order valence-corrected chi connectivity index (χ1v) is 8.66. The van der Waals surface area contributed by atoms with E-state index in [9.17, 15) is 13.6 Å². The van der Waals surface area contributed by atoms with Crippen molar-refractivity contribution in [1.29, 1.82) is 0 Å². The fourth-order valence-corrected chi connectivity index (χ4v) is 3.52. The van der Waals surface area contributed by atoms with Crippen molar-refractivity contribution in [2.75, 3.05) is 26.7 Å². The molecule has 1 saturated heterocycles. The maximum atomic E-state index is 13.7. The smallest absolute Gasteiger partial charge is 0.319 e. The number of carbonyl (C=O) groups is 1. The Labute approximate surface area is 147 Å². The van der Waals surface area contributed by atoms with Crippen LogP contribution in [0.25, 0.3) is 0 Å². The Morgan fingerprint density at radius 2 is 2.24 bits per heavy atom. The number of ether oxygens (including phenoxy) is 1. The number of piperidine rings is 1. The van der Waals surface area contributed by atoms with Crippen LogP contribution >= 0.6 is 0 Å². The van der Waals surface area contributed by atoms with E-state index in [0.29, 0.717) is 24.6 Å². The molecule has 0 aliphatic carbocycles. The third-order valence-corrected chi connectivity index (χ3v) is 4.78. The fraction of sp³-hybridized carbons (Fsp3) is 0.667. The van der Waals surface area contributed by atoms with Crippen LogP contribution < -0.4 is 5.32 Å². The highest BCUT2D eigenvalue weighted by Gasteiger charge is 2.33. The lowest BCUT2D eigenvalue weighted by molar-refractivity contribution is -0.139. The van der Waals surface area contributed by atoms with Gasteiger partial charge in [0, 0.05) is 43.4 Å². The van der Waals surface area contributed by atoms with Gasteiger partial charge in [-0.25, -0.2) is 8.78 Å². The highest BCUT2D eigenvalue weighted by molar-refractivity contribution is 5.73. The number of methoxy groups -OCH3 is 1. The largest absolute Gasteiger partial charge is 0.468 e. The molecule has 0 spiro atoms. The highest BCUT2D eigenvalue weighted by atomic mass is 19.3. The van der Waals surface area contributed by atoms with E-state index in [1.165, 1.54) is 7.11 Å². The number of allylic oxidation sites excluding steroid dienone is 2. The average Bonchev–Trinajstić information content (AvgIpc) is 2.60. The van der Waals surface area contributed by atoms with Crippen LogP contribution in [-0.4, -0.2) is 62.3 Å². The first-order chi connectivity index (χ1) is 11.9. The Kier molecular flexibility index (Phi) is 7.25. The van der Waals surface area contributed by atoms with Crippen molar-refractivity contribution in [2.24, 2.45) is 10.9 Å². The minimum atomic E-state index is -2.53. The minimum absolute atomic E-state index is 0.0731. The summed E-state index contributed by atoms with van der Waals surface area (Å²) >= 11 is 0. The molecule has 2 aliphatic heterocycles. The SMILES string of the molecule is COC(=O)CN[C@@H]1C[C@H](C)CN([C@H](C)/C(=C2\CC=CC=N2)C(F)F)C1. The molecule has 0 saturated carbocycles. The van der Waals surface area contributed by atoms with Crippen LogP contribution in [0.2, 0.25) is 0 Å². The predicted molar refractivity (Wildman–Crippen MR) is 93.9 cm³/mol. The molecule has 1 fully saturated rings. The second kappa shape index (κ2) is 9.20. The Balaban J connectivity index is 2.10. The van der Waals surface area contributed by atoms with Gasteiger partial charge in [0.05, 0.1) is 19.4 Å². The number of dihydropyridines is 1. The van der Waals surface area contributed by atoms with Crippen molar-refractivity contribution >= 4 is 12.2 Å². The molecule has 0 aromatic heterocycles. The van der Waals surface area contributed by atoms with Crippen LogP contribution in [0.1, 0.15) is 26.7 Å². The van der Waals surface area contributed by atoms with E-state index < -0.39 is 12.5 Å². The van der Waals surface area contributed by atoms with Gasteiger partial charge in [-0.15, -0.1) is 0 Å². The molecule has 2 heterocycles. The fourth-order valence-electron chi connectivity index (χ4n) is 3.52. The van der Waals surface area contributed by atoms with E-state index in [1.54, 1.807) is 12.3 Å². The van der Waals surface area contributed by atoms with E-state index in [-0.39, 0.29) is 24.1 Å². The van der Waals surface area contributed by atoms with Gasteiger partial charge >= 0.3 is 5.97 Å². The molecule has 1 N–H and O–H groups in total. The lowest BCUT2D eigenvalue weighted by atomic mass is 9.92. The molecule has 2 aliphatic rings. The maximum absolute atomic E-state index is 13.7. The number of likely N-dealkylation sites (tertiary alicyclic amines) is 1. The summed E-state index contributed by atoms with van der Waals surface area (Å²) in [5, 5.41) is 3.17. The lowest BCUT2D eigenvalue weighted by Crippen LogP contribution is -2.53. The van der Waals surface area contributed by atoms with Gasteiger partial charge in [-0.1, -0.05) is 13.0 Å². The molecular weight excluding hydrogens is 328 g/mol. The number of nitrogens with zero attached hydrogens (tertiary/aromatic N) is 2. The number of carbonyl (C=O) groups excluding carboxylic acids is 1. The number of alkyl halides is 2. The Morgan fingerprint density at radius 3 is 2.84 bits per heavy atom. The zero-order valence-corrected chi connectivity index (χ0v) is 15.0. The summed E-state index contributed by atoms with van der Waals surface area (Å²) in [6.07, 6.45) is 3.99. The summed E-state index contributed by atoms with van der Waals surface area (Å²) in [6.45, 7) is 5.42. The molecule has 0 radical (unpaired) electrons. The predicted octanol–water partition coefficient (Wildman–Crippen LogP) is 2.40. The third kappa shape index (κ3) is 5.44. The second-order valence-electron chi connectivity index (χ2n) is 6.74. The first-order valence-electron chi connectivity index (χ1n) is 8.66. The van der Waals surface area contributed by atoms with Crippen molar-refractivity contribution in [3.05, 3.63) is 23.4 Å². The van der Waals surface area contributed by atoms with Crippen molar-refractivity contribution in [2.45, 2.75) is 45.2 Å². The molecule has 3 atom stereocenters. The summed E-state index contributed by atoms with van der Waals surface area (Å²) < 4.78 is 32.1. The number of esters is 1. The van der Waals surface area contributed by atoms with E-state index in [1.807, 2.05) is 13.0 Å². The third-order valence-electron chi connectivity index (χ3n) is 4.78. The van der Waals surface area contributed by atoms with Gasteiger partial charge in [0.15, 0.2) is 0 Å². The highest BCUT2D eigenvalue weighted by Crippen LogP contribution is 2.29. The molecule has 0 aromatic carbocycles. The maximum Gasteiger partial charge on any atom is 0.319 e. The van der Waals surface area contributed by atoms with E-state index in [0.717, 1.165) is 13.0 Å². The Bertz CT molecular complexity index is 561. The normalized spacial score (nSPS) is 27.4. The first kappa shape index (κ1) is 19.7. The molecule has 0 unspecified atom stereocenters. The van der Waals surface area contributed by atoms with Crippen LogP contribution in [0.15, 0.2) is 28.4 Å². The van der Waals surface area contributed by atoms with Crippen molar-refractivity contribution in [3.63, 3.8) is 0 Å². The number of rotatable bonds is 6. The van der Waals surface area contributed by atoms with Gasteiger partial charge < -0.3 is 10.1 Å². The summed E-state index contributed by atoms with van der Waals surface area (Å²) in [5.41, 5.74) is 0.559. The topological polar surface area (TPSA) is 53.9 Å². The number of halogens is 2. The standard InChI is InChI=1S/C18H27F2N3O2/c1-12-8-14(22-9-16(24)25-3)11-23(10-12)13(2)17(18(19)20)15-6-4-5-7-21-15/h4-5,7,12-14,18,22H,6,8-11H2,1-3H3/b17-15-/t12-,13+,14+/m0/s1. The zero-order chi connectivity index (χ0) is 18.4. The van der Waals surface area contributed by atoms with Gasteiger partial charge in [-0.3, -0.25) is 14.7 Å². The average molecular weight is 355 g/mol. The molecule has 0 aromatic rings. The quantitative estimate of drug-likeness (QED) is 0.744. The monoisotopic (exact) mass is 355 g/mol. The van der Waals surface area contributed by atoms with Crippen LogP contribution in [0.4, 0.5) is 8.78 Å². The van der Waals surface area contributed by atoms with Crippen molar-refractivity contribution in [1.82, 2.24) is 10.2 Å². The van der Waals surface area contributed by atoms with Crippen LogP contribution in [0.5, 0.6) is 0 Å². The van der Waals surface area contributed by atoms with Crippen LogP contribution in [0.3, 0.4) is 0 Å². The number of hydrogen-bond donors (Lipinski definition) is 1. The number of aliphatic imine (C=N–C) groups is 1. The number of nitrogens with one attached hydrogen (secondary N) is 1. The molecular formula is C18H27F2N3O2. The summed E-state index contributed by atoms with van der Waals surface area (Å²) in [6, 6.07) is -0.326. The van der Waals surface area contributed by atoms with Gasteiger partial charge in [0.1, 0.15) is 0 Å². The van der Waals surface area contributed by atoms with Crippen molar-refractivity contribution in [3.8, 4) is 0 Å². The van der Waals surface area contributed by atoms with Crippen LogP contribution in [-0.2, 0) is 9.53 Å². The van der Waals surface area contributed by atoms with E-state index >= 15 is 0 Å². The Hall–Kier alpha value is -1.60.